The summed E-state index contributed by atoms with van der Waals surface area (Å²) in [5.41, 5.74) is 1.12. The number of hydrogen-bond acceptors (Lipinski definition) is 5. The van der Waals surface area contributed by atoms with Crippen LogP contribution in [0.15, 0.2) is 48.5 Å². The van der Waals surface area contributed by atoms with Crippen LogP contribution in [0.1, 0.15) is 51.0 Å². The minimum Gasteiger partial charge on any atom is -0.497 e. The smallest absolute Gasteiger partial charge is 0.244 e. The number of nitrogens with zero attached hydrogens (tertiary/aromatic N) is 2. The molecule has 0 radical (unpaired) electrons. The highest BCUT2D eigenvalue weighted by Gasteiger charge is 2.32. The standard InChI is InChI=1S/C27H36ClN3O5S/c1-4-25(27(33)29-22-8-6-5-7-9-22)30(18-20-10-16-24(36-2)17-11-20)26(32)19-31(37(3,34)35)23-14-12-21(28)13-15-23/h10-17,22,25H,4-9,18-19H2,1-3H3,(H,29,33)/t25-/m1/s1. The Balaban J connectivity index is 1.90. The van der Waals surface area contributed by atoms with Gasteiger partial charge in [0.05, 0.1) is 19.1 Å². The van der Waals surface area contributed by atoms with Crippen LogP contribution in [-0.4, -0.2) is 57.1 Å². The van der Waals surface area contributed by atoms with Crippen molar-refractivity contribution in [3.05, 3.63) is 59.1 Å². The van der Waals surface area contributed by atoms with Crippen LogP contribution in [-0.2, 0) is 26.2 Å². The van der Waals surface area contributed by atoms with E-state index in [9.17, 15) is 18.0 Å². The zero-order chi connectivity index (χ0) is 27.0. The Bertz CT molecular complexity index is 1150. The molecule has 2 aromatic carbocycles. The van der Waals surface area contributed by atoms with Gasteiger partial charge in [-0.2, -0.15) is 0 Å². The van der Waals surface area contributed by atoms with Gasteiger partial charge in [-0.05, 0) is 61.2 Å². The van der Waals surface area contributed by atoms with Gasteiger partial charge in [0.15, 0.2) is 0 Å². The lowest BCUT2D eigenvalue weighted by molar-refractivity contribution is -0.140. The summed E-state index contributed by atoms with van der Waals surface area (Å²) in [5, 5.41) is 3.59. The third-order valence-electron chi connectivity index (χ3n) is 6.64. The van der Waals surface area contributed by atoms with Gasteiger partial charge in [-0.3, -0.25) is 13.9 Å². The first-order valence-electron chi connectivity index (χ1n) is 12.6. The second-order valence-electron chi connectivity index (χ2n) is 9.38. The molecule has 2 amide bonds. The van der Waals surface area contributed by atoms with Crippen LogP contribution in [0, 0.1) is 0 Å². The van der Waals surface area contributed by atoms with E-state index in [4.69, 9.17) is 16.3 Å². The number of methoxy groups -OCH3 is 1. The number of anilines is 1. The molecule has 1 N–H and O–H groups in total. The highest BCUT2D eigenvalue weighted by atomic mass is 35.5. The van der Waals surface area contributed by atoms with E-state index in [0.717, 1.165) is 48.2 Å². The number of sulfonamides is 1. The van der Waals surface area contributed by atoms with Crippen LogP contribution in [0.3, 0.4) is 0 Å². The molecule has 0 saturated heterocycles. The van der Waals surface area contributed by atoms with Crippen molar-refractivity contribution in [1.82, 2.24) is 10.2 Å². The molecule has 10 heteroatoms. The molecular weight excluding hydrogens is 514 g/mol. The average Bonchev–Trinajstić information content (AvgIpc) is 2.88. The number of benzene rings is 2. The fraction of sp³-hybridized carbons (Fsp3) is 0.481. The van der Waals surface area contributed by atoms with Gasteiger partial charge in [0.1, 0.15) is 18.3 Å². The van der Waals surface area contributed by atoms with Crippen molar-refractivity contribution in [1.29, 1.82) is 0 Å². The van der Waals surface area contributed by atoms with Crippen LogP contribution >= 0.6 is 11.6 Å². The first kappa shape index (κ1) is 28.8. The maximum Gasteiger partial charge on any atom is 0.244 e. The van der Waals surface area contributed by atoms with E-state index in [0.29, 0.717) is 22.9 Å². The summed E-state index contributed by atoms with van der Waals surface area (Å²) in [7, 11) is -2.22. The fourth-order valence-corrected chi connectivity index (χ4v) is 5.59. The van der Waals surface area contributed by atoms with E-state index in [1.165, 1.54) is 4.90 Å². The van der Waals surface area contributed by atoms with Crippen LogP contribution in [0.4, 0.5) is 5.69 Å². The molecule has 0 heterocycles. The lowest BCUT2D eigenvalue weighted by Crippen LogP contribution is -2.53. The van der Waals surface area contributed by atoms with E-state index >= 15 is 0 Å². The first-order chi connectivity index (χ1) is 17.6. The van der Waals surface area contributed by atoms with E-state index in [-0.39, 0.29) is 18.5 Å². The molecule has 1 fully saturated rings. The average molecular weight is 550 g/mol. The fourth-order valence-electron chi connectivity index (χ4n) is 4.61. The number of carbonyl (C=O) groups is 2. The molecule has 1 aliphatic carbocycles. The molecule has 0 unspecified atom stereocenters. The molecule has 0 spiro atoms. The van der Waals surface area contributed by atoms with Gasteiger partial charge in [0.25, 0.3) is 0 Å². The van der Waals surface area contributed by atoms with Crippen molar-refractivity contribution >= 4 is 39.1 Å². The number of hydrogen-bond donors (Lipinski definition) is 1. The zero-order valence-corrected chi connectivity index (χ0v) is 23.2. The minimum absolute atomic E-state index is 0.0924. The van der Waals surface area contributed by atoms with E-state index in [2.05, 4.69) is 5.32 Å². The van der Waals surface area contributed by atoms with Crippen molar-refractivity contribution in [2.24, 2.45) is 0 Å². The zero-order valence-electron chi connectivity index (χ0n) is 21.7. The van der Waals surface area contributed by atoms with Crippen LogP contribution in [0.25, 0.3) is 0 Å². The van der Waals surface area contributed by atoms with Gasteiger partial charge in [-0.1, -0.05) is 49.9 Å². The van der Waals surface area contributed by atoms with Gasteiger partial charge in [-0.15, -0.1) is 0 Å². The van der Waals surface area contributed by atoms with E-state index in [1.54, 1.807) is 43.5 Å². The second-order valence-corrected chi connectivity index (χ2v) is 11.7. The van der Waals surface area contributed by atoms with E-state index < -0.39 is 28.5 Å². The maximum absolute atomic E-state index is 13.8. The van der Waals surface area contributed by atoms with Crippen LogP contribution in [0.2, 0.25) is 5.02 Å². The number of rotatable bonds is 11. The Hall–Kier alpha value is -2.78. The largest absolute Gasteiger partial charge is 0.497 e. The lowest BCUT2D eigenvalue weighted by Gasteiger charge is -2.34. The lowest BCUT2D eigenvalue weighted by atomic mass is 9.95. The molecule has 8 nitrogen and oxygen atoms in total. The summed E-state index contributed by atoms with van der Waals surface area (Å²) in [6.45, 7) is 1.56. The summed E-state index contributed by atoms with van der Waals surface area (Å²) < 4.78 is 31.6. The Morgan fingerprint density at radius 2 is 1.68 bits per heavy atom. The van der Waals surface area contributed by atoms with Crippen molar-refractivity contribution in [2.75, 3.05) is 24.2 Å². The summed E-state index contributed by atoms with van der Waals surface area (Å²) in [6.07, 6.45) is 6.59. The Kier molecular flexibility index (Phi) is 10.2. The Morgan fingerprint density at radius 3 is 2.22 bits per heavy atom. The molecule has 1 atom stereocenters. The van der Waals surface area contributed by atoms with Gasteiger partial charge in [0.2, 0.25) is 21.8 Å². The van der Waals surface area contributed by atoms with Gasteiger partial charge in [0, 0.05) is 17.6 Å². The third-order valence-corrected chi connectivity index (χ3v) is 8.04. The van der Waals surface area contributed by atoms with E-state index in [1.807, 2.05) is 19.1 Å². The molecule has 1 aliphatic rings. The van der Waals surface area contributed by atoms with Crippen molar-refractivity contribution in [3.63, 3.8) is 0 Å². The van der Waals surface area contributed by atoms with Gasteiger partial charge in [-0.25, -0.2) is 8.42 Å². The summed E-state index contributed by atoms with van der Waals surface area (Å²) in [4.78, 5) is 28.6. The molecule has 0 aliphatic heterocycles. The minimum atomic E-state index is -3.79. The number of nitrogens with one attached hydrogen (secondary N) is 1. The molecule has 2 aromatic rings. The molecule has 3 rings (SSSR count). The van der Waals surface area contributed by atoms with Crippen molar-refractivity contribution in [2.45, 2.75) is 64.1 Å². The monoisotopic (exact) mass is 549 g/mol. The molecule has 1 saturated carbocycles. The predicted molar refractivity (Wildman–Crippen MR) is 146 cm³/mol. The topological polar surface area (TPSA) is 96.0 Å². The van der Waals surface area contributed by atoms with Crippen molar-refractivity contribution < 1.29 is 22.7 Å². The predicted octanol–water partition coefficient (Wildman–Crippen LogP) is 4.37. The Morgan fingerprint density at radius 1 is 1.05 bits per heavy atom. The molecule has 202 valence electrons. The first-order valence-corrected chi connectivity index (χ1v) is 14.8. The SMILES string of the molecule is CC[C@H](C(=O)NC1CCCCC1)N(Cc1ccc(OC)cc1)C(=O)CN(c1ccc(Cl)cc1)S(C)(=O)=O. The van der Waals surface area contributed by atoms with Gasteiger partial charge >= 0.3 is 0 Å². The summed E-state index contributed by atoms with van der Waals surface area (Å²) in [6, 6.07) is 12.8. The summed E-state index contributed by atoms with van der Waals surface area (Å²) >= 11 is 5.98. The quantitative estimate of drug-likeness (QED) is 0.449. The molecular formula is C27H36ClN3O5S. The van der Waals surface area contributed by atoms with Gasteiger partial charge < -0.3 is 15.0 Å². The molecule has 37 heavy (non-hydrogen) atoms. The van der Waals surface area contributed by atoms with Crippen LogP contribution in [0.5, 0.6) is 5.75 Å². The van der Waals surface area contributed by atoms with Crippen LogP contribution < -0.4 is 14.4 Å². The highest BCUT2D eigenvalue weighted by Crippen LogP contribution is 2.23. The molecule has 0 bridgehead atoms. The normalized spacial score (nSPS) is 15.0. The molecule has 0 aromatic heterocycles. The number of amides is 2. The third kappa shape index (κ3) is 8.10. The maximum atomic E-state index is 13.8. The van der Waals surface area contributed by atoms with Crippen molar-refractivity contribution in [3.8, 4) is 5.75 Å². The Labute approximate surface area is 225 Å². The summed E-state index contributed by atoms with van der Waals surface area (Å²) in [5.74, 6) is -0.00908. The number of halogens is 1. The second kappa shape index (κ2) is 13.1. The number of ether oxygens (including phenoxy) is 1. The highest BCUT2D eigenvalue weighted by molar-refractivity contribution is 7.92. The number of carbonyl (C=O) groups excluding carboxylic acids is 2.